The Bertz CT molecular complexity index is 550. The fourth-order valence-electron chi connectivity index (χ4n) is 3.19. The van der Waals surface area contributed by atoms with E-state index in [2.05, 4.69) is 0 Å². The Morgan fingerprint density at radius 2 is 2.14 bits per heavy atom. The minimum atomic E-state index is -0.394. The molecule has 2 aliphatic heterocycles. The van der Waals surface area contributed by atoms with Crippen molar-refractivity contribution in [3.05, 3.63) is 35.9 Å². The van der Waals surface area contributed by atoms with Crippen molar-refractivity contribution in [3.8, 4) is 0 Å². The van der Waals surface area contributed by atoms with Gasteiger partial charge in [-0.15, -0.1) is 11.6 Å². The molecule has 6 heteroatoms. The molecule has 0 saturated carbocycles. The first-order valence-electron chi connectivity index (χ1n) is 7.44. The van der Waals surface area contributed by atoms with Crippen LogP contribution in [0.5, 0.6) is 0 Å². The highest BCUT2D eigenvalue weighted by atomic mass is 35.5. The van der Waals surface area contributed by atoms with Crippen LogP contribution in [-0.2, 0) is 20.9 Å². The van der Waals surface area contributed by atoms with Crippen molar-refractivity contribution >= 4 is 23.7 Å². The van der Waals surface area contributed by atoms with E-state index in [1.165, 1.54) is 0 Å². The molecule has 0 unspecified atom stereocenters. The number of carbonyl (C=O) groups is 2. The van der Waals surface area contributed by atoms with Gasteiger partial charge in [0.05, 0.1) is 12.0 Å². The van der Waals surface area contributed by atoms with Crippen molar-refractivity contribution in [1.82, 2.24) is 4.90 Å². The predicted octanol–water partition coefficient (Wildman–Crippen LogP) is 2.57. The van der Waals surface area contributed by atoms with Gasteiger partial charge in [-0.05, 0) is 18.4 Å². The van der Waals surface area contributed by atoms with Crippen molar-refractivity contribution in [2.24, 2.45) is 5.92 Å². The summed E-state index contributed by atoms with van der Waals surface area (Å²) in [6.07, 6.45) is 0.468. The number of halogens is 1. The second-order valence-electron chi connectivity index (χ2n) is 5.57. The van der Waals surface area contributed by atoms with Crippen molar-refractivity contribution in [3.63, 3.8) is 0 Å². The molecule has 5 nitrogen and oxygen atoms in total. The number of likely N-dealkylation sites (tertiary alicyclic amines) is 1. The fourth-order valence-corrected chi connectivity index (χ4v) is 3.41. The first-order valence-corrected chi connectivity index (χ1v) is 7.98. The molecule has 3 atom stereocenters. The summed E-state index contributed by atoms with van der Waals surface area (Å²) in [4.78, 5) is 25.8. The third-order valence-corrected chi connectivity index (χ3v) is 4.46. The monoisotopic (exact) mass is 323 g/mol. The fraction of sp³-hybridized carbons (Fsp3) is 0.500. The van der Waals surface area contributed by atoms with Gasteiger partial charge in [0.15, 0.2) is 0 Å². The van der Waals surface area contributed by atoms with Crippen molar-refractivity contribution in [1.29, 1.82) is 0 Å². The Kier molecular flexibility index (Phi) is 4.52. The van der Waals surface area contributed by atoms with Gasteiger partial charge in [0, 0.05) is 12.4 Å². The molecule has 0 aliphatic carbocycles. The Hall–Kier alpha value is -1.75. The summed E-state index contributed by atoms with van der Waals surface area (Å²) >= 11 is 5.76. The summed E-state index contributed by atoms with van der Waals surface area (Å²) in [5, 5.41) is 0. The number of nitrogens with zero attached hydrogens (tertiary/aromatic N) is 1. The number of carbonyl (C=O) groups excluding carboxylic acids is 2. The van der Waals surface area contributed by atoms with Crippen molar-refractivity contribution < 1.29 is 19.1 Å². The van der Waals surface area contributed by atoms with Gasteiger partial charge in [0.2, 0.25) is 0 Å². The van der Waals surface area contributed by atoms with Crippen LogP contribution >= 0.6 is 11.6 Å². The standard InChI is InChI=1S/C16H18ClNO4/c17-8-6-13-14-12(15(19)22-13)7-9-18(14)16(20)21-10-11-4-2-1-3-5-11/h1-5,12-14H,6-10H2/t12-,13+,14+/m1/s1. The van der Waals surface area contributed by atoms with Gasteiger partial charge < -0.3 is 14.4 Å². The smallest absolute Gasteiger partial charge is 0.410 e. The second-order valence-corrected chi connectivity index (χ2v) is 5.95. The van der Waals surface area contributed by atoms with Gasteiger partial charge in [0.25, 0.3) is 0 Å². The zero-order valence-electron chi connectivity index (χ0n) is 12.1. The van der Waals surface area contributed by atoms with E-state index in [1.807, 2.05) is 30.3 Å². The molecule has 2 aliphatic rings. The van der Waals surface area contributed by atoms with Crippen LogP contribution in [0.4, 0.5) is 4.79 Å². The number of hydrogen-bond donors (Lipinski definition) is 0. The molecule has 0 bridgehead atoms. The Morgan fingerprint density at radius 1 is 1.36 bits per heavy atom. The lowest BCUT2D eigenvalue weighted by Crippen LogP contribution is -2.43. The quantitative estimate of drug-likeness (QED) is 0.631. The van der Waals surface area contributed by atoms with Crippen LogP contribution in [0.3, 0.4) is 0 Å². The van der Waals surface area contributed by atoms with E-state index in [0.29, 0.717) is 25.3 Å². The molecule has 2 fully saturated rings. The number of rotatable bonds is 4. The van der Waals surface area contributed by atoms with Gasteiger partial charge in [-0.2, -0.15) is 0 Å². The number of amides is 1. The summed E-state index contributed by atoms with van der Waals surface area (Å²) in [6, 6.07) is 9.27. The Balaban J connectivity index is 1.63. The van der Waals surface area contributed by atoms with E-state index in [-0.39, 0.29) is 30.6 Å². The highest BCUT2D eigenvalue weighted by molar-refractivity contribution is 6.17. The van der Waals surface area contributed by atoms with Crippen LogP contribution in [0.15, 0.2) is 30.3 Å². The van der Waals surface area contributed by atoms with E-state index in [9.17, 15) is 9.59 Å². The number of hydrogen-bond acceptors (Lipinski definition) is 4. The molecule has 2 saturated heterocycles. The van der Waals surface area contributed by atoms with Crippen molar-refractivity contribution in [2.75, 3.05) is 12.4 Å². The van der Waals surface area contributed by atoms with Crippen LogP contribution in [0.25, 0.3) is 0 Å². The number of benzene rings is 1. The minimum Gasteiger partial charge on any atom is -0.460 e. The largest absolute Gasteiger partial charge is 0.460 e. The molecule has 22 heavy (non-hydrogen) atoms. The highest BCUT2D eigenvalue weighted by Crippen LogP contribution is 2.37. The highest BCUT2D eigenvalue weighted by Gasteiger charge is 2.52. The topological polar surface area (TPSA) is 55.8 Å². The zero-order valence-corrected chi connectivity index (χ0v) is 12.9. The molecule has 118 valence electrons. The van der Waals surface area contributed by atoms with Crippen LogP contribution in [-0.4, -0.2) is 41.5 Å². The molecule has 0 N–H and O–H groups in total. The van der Waals surface area contributed by atoms with Crippen LogP contribution in [0.2, 0.25) is 0 Å². The minimum absolute atomic E-state index is 0.224. The number of esters is 1. The SMILES string of the molecule is O=C1O[C@@H](CCCl)[C@@H]2[C@H]1CCN2C(=O)OCc1ccccc1. The summed E-state index contributed by atoms with van der Waals surface area (Å²) in [7, 11) is 0. The van der Waals surface area contributed by atoms with E-state index in [0.717, 1.165) is 5.56 Å². The lowest BCUT2D eigenvalue weighted by molar-refractivity contribution is -0.144. The molecular weight excluding hydrogens is 306 g/mol. The van der Waals surface area contributed by atoms with Crippen LogP contribution < -0.4 is 0 Å². The molecule has 1 aromatic carbocycles. The first-order chi connectivity index (χ1) is 10.7. The van der Waals surface area contributed by atoms with Crippen molar-refractivity contribution in [2.45, 2.75) is 31.6 Å². The predicted molar refractivity (Wildman–Crippen MR) is 80.4 cm³/mol. The molecule has 3 rings (SSSR count). The molecule has 0 radical (unpaired) electrons. The van der Waals surface area contributed by atoms with Gasteiger partial charge in [-0.3, -0.25) is 4.79 Å². The van der Waals surface area contributed by atoms with E-state index in [1.54, 1.807) is 4.90 Å². The maximum Gasteiger partial charge on any atom is 0.410 e. The van der Waals surface area contributed by atoms with Gasteiger partial charge in [-0.25, -0.2) is 4.79 Å². The summed E-state index contributed by atoms with van der Waals surface area (Å²) in [5.41, 5.74) is 0.933. The molecule has 1 amide bonds. The number of alkyl halides is 1. The first kappa shape index (κ1) is 15.2. The van der Waals surface area contributed by atoms with E-state index in [4.69, 9.17) is 21.1 Å². The van der Waals surface area contributed by atoms with Gasteiger partial charge in [-0.1, -0.05) is 30.3 Å². The summed E-state index contributed by atoms with van der Waals surface area (Å²) in [6.45, 7) is 0.749. The maximum atomic E-state index is 12.3. The molecular formula is C16H18ClNO4. The van der Waals surface area contributed by atoms with E-state index < -0.39 is 6.09 Å². The molecule has 0 spiro atoms. The lowest BCUT2D eigenvalue weighted by Gasteiger charge is -2.26. The number of ether oxygens (including phenoxy) is 2. The lowest BCUT2D eigenvalue weighted by atomic mass is 9.98. The van der Waals surface area contributed by atoms with E-state index >= 15 is 0 Å². The van der Waals surface area contributed by atoms with Crippen LogP contribution in [0, 0.1) is 5.92 Å². The zero-order chi connectivity index (χ0) is 15.5. The maximum absolute atomic E-state index is 12.3. The average Bonchev–Trinajstić information content (AvgIpc) is 3.09. The third-order valence-electron chi connectivity index (χ3n) is 4.24. The summed E-state index contributed by atoms with van der Waals surface area (Å²) < 4.78 is 10.7. The average molecular weight is 324 g/mol. The van der Waals surface area contributed by atoms with Gasteiger partial charge >= 0.3 is 12.1 Å². The third kappa shape index (κ3) is 2.90. The molecule has 0 aromatic heterocycles. The summed E-state index contributed by atoms with van der Waals surface area (Å²) in [5.74, 6) is -0.0652. The number of cyclic esters (lactones) is 1. The Labute approximate surface area is 134 Å². The molecule has 2 heterocycles. The second kappa shape index (κ2) is 6.57. The normalized spacial score (nSPS) is 26.7. The number of fused-ring (bicyclic) bond motifs is 1. The Morgan fingerprint density at radius 3 is 2.86 bits per heavy atom. The van der Waals surface area contributed by atoms with Gasteiger partial charge in [0.1, 0.15) is 12.7 Å². The van der Waals surface area contributed by atoms with Crippen LogP contribution in [0.1, 0.15) is 18.4 Å². The molecule has 1 aromatic rings.